The molecule has 2 aromatic rings. The van der Waals surface area contributed by atoms with E-state index < -0.39 is 16.1 Å². The van der Waals surface area contributed by atoms with Gasteiger partial charge < -0.3 is 5.32 Å². The average Bonchev–Trinajstić information content (AvgIpc) is 2.55. The molecule has 0 aliphatic rings. The molecule has 5 nitrogen and oxygen atoms in total. The van der Waals surface area contributed by atoms with E-state index in [-0.39, 0.29) is 5.91 Å². The molecule has 0 unspecified atom stereocenters. The van der Waals surface area contributed by atoms with Crippen LogP contribution in [0.4, 0.5) is 11.4 Å². The van der Waals surface area contributed by atoms with E-state index in [1.54, 1.807) is 37.3 Å². The molecule has 0 spiro atoms. The molecule has 0 bridgehead atoms. The van der Waals surface area contributed by atoms with Crippen molar-refractivity contribution < 1.29 is 13.2 Å². The van der Waals surface area contributed by atoms with Gasteiger partial charge in [0.15, 0.2) is 0 Å². The average molecular weight is 360 g/mol. The fraction of sp³-hybridized carbons (Fsp3) is 0.316. The second-order valence-corrected chi connectivity index (χ2v) is 7.97. The second kappa shape index (κ2) is 7.70. The van der Waals surface area contributed by atoms with Crippen molar-refractivity contribution in [3.8, 4) is 0 Å². The number of carbonyl (C=O) groups is 1. The number of carbonyl (C=O) groups excluding carboxylic acids is 1. The van der Waals surface area contributed by atoms with Crippen molar-refractivity contribution in [1.82, 2.24) is 0 Å². The van der Waals surface area contributed by atoms with E-state index in [9.17, 15) is 13.2 Å². The van der Waals surface area contributed by atoms with Crippen LogP contribution in [0.3, 0.4) is 0 Å². The third kappa shape index (κ3) is 4.60. The Morgan fingerprint density at radius 1 is 1.08 bits per heavy atom. The van der Waals surface area contributed by atoms with E-state index in [1.165, 1.54) is 4.31 Å². The molecule has 0 radical (unpaired) electrons. The van der Waals surface area contributed by atoms with Crippen LogP contribution in [0.5, 0.6) is 0 Å². The van der Waals surface area contributed by atoms with Crippen molar-refractivity contribution in [2.24, 2.45) is 0 Å². The number of para-hydroxylation sites is 1. The summed E-state index contributed by atoms with van der Waals surface area (Å²) in [5.41, 5.74) is 3.33. The molecule has 1 atom stereocenters. The summed E-state index contributed by atoms with van der Waals surface area (Å²) in [4.78, 5) is 12.8. The summed E-state index contributed by atoms with van der Waals surface area (Å²) in [5, 5.41) is 2.84. The first-order chi connectivity index (χ1) is 11.7. The monoisotopic (exact) mass is 360 g/mol. The molecule has 0 aromatic heterocycles. The smallest absolute Gasteiger partial charge is 0.248 e. The number of amides is 1. The van der Waals surface area contributed by atoms with E-state index in [1.807, 2.05) is 32.0 Å². The van der Waals surface area contributed by atoms with Gasteiger partial charge in [0.25, 0.3) is 0 Å². The van der Waals surface area contributed by atoms with Crippen molar-refractivity contribution in [3.63, 3.8) is 0 Å². The largest absolute Gasteiger partial charge is 0.324 e. The standard InChI is InChI=1S/C19H24N2O3S/c1-5-18(19(22)20-16-12-11-14(2)15(3)13-16)21(25(4,23)24)17-9-7-6-8-10-17/h6-13,18H,5H2,1-4H3,(H,20,22)/t18-/m1/s1. The highest BCUT2D eigenvalue weighted by Crippen LogP contribution is 2.23. The van der Waals surface area contributed by atoms with Gasteiger partial charge in [-0.25, -0.2) is 8.42 Å². The van der Waals surface area contributed by atoms with Crippen LogP contribution < -0.4 is 9.62 Å². The van der Waals surface area contributed by atoms with Crippen LogP contribution >= 0.6 is 0 Å². The van der Waals surface area contributed by atoms with E-state index >= 15 is 0 Å². The predicted octanol–water partition coefficient (Wildman–Crippen LogP) is 3.49. The second-order valence-electron chi connectivity index (χ2n) is 6.11. The van der Waals surface area contributed by atoms with Crippen LogP contribution in [0.2, 0.25) is 0 Å². The Balaban J connectivity index is 2.34. The van der Waals surface area contributed by atoms with Gasteiger partial charge in [-0.3, -0.25) is 9.10 Å². The minimum absolute atomic E-state index is 0.347. The van der Waals surface area contributed by atoms with Crippen LogP contribution in [0, 0.1) is 13.8 Å². The fourth-order valence-corrected chi connectivity index (χ4v) is 3.89. The van der Waals surface area contributed by atoms with Crippen LogP contribution in [0.15, 0.2) is 48.5 Å². The van der Waals surface area contributed by atoms with E-state index in [0.717, 1.165) is 17.4 Å². The molecule has 6 heteroatoms. The topological polar surface area (TPSA) is 66.5 Å². The molecule has 25 heavy (non-hydrogen) atoms. The minimum atomic E-state index is -3.61. The van der Waals surface area contributed by atoms with Gasteiger partial charge >= 0.3 is 0 Å². The molecule has 0 aliphatic heterocycles. The van der Waals surface area contributed by atoms with Crippen LogP contribution in [-0.4, -0.2) is 26.6 Å². The molecule has 0 saturated carbocycles. The SMILES string of the molecule is CC[C@H](C(=O)Nc1ccc(C)c(C)c1)N(c1ccccc1)S(C)(=O)=O. The number of rotatable bonds is 6. The van der Waals surface area contributed by atoms with Gasteiger partial charge in [0.1, 0.15) is 6.04 Å². The molecule has 0 fully saturated rings. The Kier molecular flexibility index (Phi) is 5.85. The lowest BCUT2D eigenvalue weighted by Crippen LogP contribution is -2.46. The predicted molar refractivity (Wildman–Crippen MR) is 102 cm³/mol. The molecule has 2 rings (SSSR count). The molecule has 0 aliphatic carbocycles. The van der Waals surface area contributed by atoms with E-state index in [0.29, 0.717) is 17.8 Å². The molecule has 1 N–H and O–H groups in total. The lowest BCUT2D eigenvalue weighted by molar-refractivity contribution is -0.117. The zero-order valence-electron chi connectivity index (χ0n) is 15.0. The van der Waals surface area contributed by atoms with Gasteiger partial charge in [-0.05, 0) is 55.7 Å². The van der Waals surface area contributed by atoms with Crippen molar-refractivity contribution in [1.29, 1.82) is 0 Å². The number of aryl methyl sites for hydroxylation is 2. The highest BCUT2D eigenvalue weighted by molar-refractivity contribution is 7.92. The summed E-state index contributed by atoms with van der Waals surface area (Å²) in [6, 6.07) is 13.5. The van der Waals surface area contributed by atoms with Crippen molar-refractivity contribution in [3.05, 3.63) is 59.7 Å². The first-order valence-electron chi connectivity index (χ1n) is 8.16. The lowest BCUT2D eigenvalue weighted by atomic mass is 10.1. The van der Waals surface area contributed by atoms with Gasteiger partial charge in [-0.2, -0.15) is 0 Å². The zero-order chi connectivity index (χ0) is 18.6. The zero-order valence-corrected chi connectivity index (χ0v) is 15.8. The third-order valence-corrected chi connectivity index (χ3v) is 5.29. The Hall–Kier alpha value is -2.34. The van der Waals surface area contributed by atoms with Gasteiger partial charge in [-0.1, -0.05) is 31.2 Å². The third-order valence-electron chi connectivity index (χ3n) is 4.11. The maximum atomic E-state index is 12.8. The number of anilines is 2. The molecular formula is C19H24N2O3S. The Morgan fingerprint density at radius 3 is 2.24 bits per heavy atom. The quantitative estimate of drug-likeness (QED) is 0.857. The molecule has 2 aromatic carbocycles. The first kappa shape index (κ1) is 19.0. The summed E-state index contributed by atoms with van der Waals surface area (Å²) in [7, 11) is -3.61. The van der Waals surface area contributed by atoms with Gasteiger partial charge in [0.05, 0.1) is 11.9 Å². The number of nitrogens with one attached hydrogen (secondary N) is 1. The maximum Gasteiger partial charge on any atom is 0.248 e. The summed E-state index contributed by atoms with van der Waals surface area (Å²) in [6.45, 7) is 5.76. The van der Waals surface area contributed by atoms with Crippen LogP contribution in [-0.2, 0) is 14.8 Å². The Morgan fingerprint density at radius 2 is 1.72 bits per heavy atom. The van der Waals surface area contributed by atoms with Crippen molar-refractivity contribution in [2.75, 3.05) is 15.9 Å². The Labute approximate surface area is 149 Å². The van der Waals surface area contributed by atoms with Crippen molar-refractivity contribution in [2.45, 2.75) is 33.2 Å². The summed E-state index contributed by atoms with van der Waals surface area (Å²) < 4.78 is 25.9. The van der Waals surface area contributed by atoms with Crippen LogP contribution in [0.25, 0.3) is 0 Å². The Bertz CT molecular complexity index is 848. The van der Waals surface area contributed by atoms with Gasteiger partial charge in [0.2, 0.25) is 15.9 Å². The summed E-state index contributed by atoms with van der Waals surface area (Å²) >= 11 is 0. The lowest BCUT2D eigenvalue weighted by Gasteiger charge is -2.30. The summed E-state index contributed by atoms with van der Waals surface area (Å²) in [5.74, 6) is -0.347. The number of hydrogen-bond acceptors (Lipinski definition) is 3. The van der Waals surface area contributed by atoms with Crippen molar-refractivity contribution >= 4 is 27.3 Å². The number of hydrogen-bond donors (Lipinski definition) is 1. The van der Waals surface area contributed by atoms with Gasteiger partial charge in [0, 0.05) is 5.69 Å². The number of nitrogens with zero attached hydrogens (tertiary/aromatic N) is 1. The first-order valence-corrected chi connectivity index (χ1v) is 10.0. The summed E-state index contributed by atoms with van der Waals surface area (Å²) in [6.07, 6.45) is 1.48. The normalized spacial score (nSPS) is 12.5. The highest BCUT2D eigenvalue weighted by Gasteiger charge is 2.31. The van der Waals surface area contributed by atoms with E-state index in [4.69, 9.17) is 0 Å². The highest BCUT2D eigenvalue weighted by atomic mass is 32.2. The molecule has 0 saturated heterocycles. The number of sulfonamides is 1. The molecule has 1 amide bonds. The molecule has 0 heterocycles. The van der Waals surface area contributed by atoms with E-state index in [2.05, 4.69) is 5.32 Å². The number of benzene rings is 2. The van der Waals surface area contributed by atoms with Gasteiger partial charge in [-0.15, -0.1) is 0 Å². The molecule has 134 valence electrons. The van der Waals surface area contributed by atoms with Crippen LogP contribution in [0.1, 0.15) is 24.5 Å². The fourth-order valence-electron chi connectivity index (χ4n) is 2.68. The maximum absolute atomic E-state index is 12.8. The minimum Gasteiger partial charge on any atom is -0.324 e. The molecular weight excluding hydrogens is 336 g/mol.